The lowest BCUT2D eigenvalue weighted by atomic mass is 9.95. The SMILES string of the molecule is C=C(C)C(=O)Oc1ccc(-c2ccc(OC(=O)C(=C)C)cc2CCCCC)cc1. The molecule has 0 amide bonds. The van der Waals surface area contributed by atoms with E-state index in [0.717, 1.165) is 42.4 Å². The van der Waals surface area contributed by atoms with E-state index in [1.54, 1.807) is 32.0 Å². The maximum absolute atomic E-state index is 11.8. The molecule has 0 bridgehead atoms. The van der Waals surface area contributed by atoms with Crippen LogP contribution in [-0.4, -0.2) is 11.9 Å². The van der Waals surface area contributed by atoms with Gasteiger partial charge in [-0.05, 0) is 67.6 Å². The van der Waals surface area contributed by atoms with Crippen LogP contribution in [0.4, 0.5) is 0 Å². The molecule has 4 heteroatoms. The van der Waals surface area contributed by atoms with Gasteiger partial charge in [0, 0.05) is 11.1 Å². The number of unbranched alkanes of at least 4 members (excludes halogenated alkanes) is 2. The van der Waals surface area contributed by atoms with E-state index in [4.69, 9.17) is 9.47 Å². The van der Waals surface area contributed by atoms with E-state index in [2.05, 4.69) is 20.1 Å². The molecule has 2 rings (SSSR count). The van der Waals surface area contributed by atoms with Gasteiger partial charge in [-0.2, -0.15) is 0 Å². The number of ether oxygens (including phenoxy) is 2. The highest BCUT2D eigenvalue weighted by atomic mass is 16.5. The van der Waals surface area contributed by atoms with Crippen LogP contribution in [-0.2, 0) is 16.0 Å². The number of esters is 2. The summed E-state index contributed by atoms with van der Waals surface area (Å²) in [6.07, 6.45) is 4.19. The van der Waals surface area contributed by atoms with Crippen molar-refractivity contribution in [1.29, 1.82) is 0 Å². The topological polar surface area (TPSA) is 52.6 Å². The molecule has 0 heterocycles. The van der Waals surface area contributed by atoms with Gasteiger partial charge >= 0.3 is 11.9 Å². The van der Waals surface area contributed by atoms with E-state index in [-0.39, 0.29) is 0 Å². The molecule has 152 valence electrons. The molecular weight excluding hydrogens is 364 g/mol. The highest BCUT2D eigenvalue weighted by Gasteiger charge is 2.11. The lowest BCUT2D eigenvalue weighted by Gasteiger charge is -2.13. The largest absolute Gasteiger partial charge is 0.423 e. The number of carbonyl (C=O) groups excluding carboxylic acids is 2. The smallest absolute Gasteiger partial charge is 0.338 e. The van der Waals surface area contributed by atoms with Gasteiger partial charge in [-0.25, -0.2) is 9.59 Å². The minimum Gasteiger partial charge on any atom is -0.423 e. The molecule has 0 saturated carbocycles. The highest BCUT2D eigenvalue weighted by molar-refractivity contribution is 5.89. The van der Waals surface area contributed by atoms with Crippen LogP contribution in [0.1, 0.15) is 45.6 Å². The molecular formula is C25H28O4. The van der Waals surface area contributed by atoms with Gasteiger partial charge in [0.1, 0.15) is 11.5 Å². The van der Waals surface area contributed by atoms with Crippen LogP contribution in [0, 0.1) is 0 Å². The predicted octanol–water partition coefficient (Wildman–Crippen LogP) is 6.05. The van der Waals surface area contributed by atoms with Gasteiger partial charge in [0.05, 0.1) is 0 Å². The fourth-order valence-electron chi connectivity index (χ4n) is 2.78. The van der Waals surface area contributed by atoms with Gasteiger partial charge in [0.25, 0.3) is 0 Å². The maximum atomic E-state index is 11.8. The lowest BCUT2D eigenvalue weighted by molar-refractivity contribution is -0.130. The number of carbonyl (C=O) groups is 2. The number of aryl methyl sites for hydroxylation is 1. The molecule has 0 N–H and O–H groups in total. The Morgan fingerprint density at radius 1 is 0.828 bits per heavy atom. The van der Waals surface area contributed by atoms with Crippen LogP contribution in [0.2, 0.25) is 0 Å². The second-order valence-corrected chi connectivity index (χ2v) is 7.14. The summed E-state index contributed by atoms with van der Waals surface area (Å²) in [5.41, 5.74) is 3.89. The Balaban J connectivity index is 2.29. The van der Waals surface area contributed by atoms with E-state index >= 15 is 0 Å². The Morgan fingerprint density at radius 3 is 1.93 bits per heavy atom. The summed E-state index contributed by atoms with van der Waals surface area (Å²) in [4.78, 5) is 23.5. The zero-order valence-corrected chi connectivity index (χ0v) is 17.4. The van der Waals surface area contributed by atoms with Gasteiger partial charge in [0.15, 0.2) is 0 Å². The highest BCUT2D eigenvalue weighted by Crippen LogP contribution is 2.30. The number of hydrogen-bond acceptors (Lipinski definition) is 4. The molecule has 0 atom stereocenters. The molecule has 29 heavy (non-hydrogen) atoms. The molecule has 0 saturated heterocycles. The summed E-state index contributed by atoms with van der Waals surface area (Å²) in [5.74, 6) is 0.115. The van der Waals surface area contributed by atoms with Crippen LogP contribution in [0.3, 0.4) is 0 Å². The van der Waals surface area contributed by atoms with Crippen molar-refractivity contribution in [2.24, 2.45) is 0 Å². The first kappa shape index (κ1) is 22.2. The fraction of sp³-hybridized carbons (Fsp3) is 0.280. The lowest BCUT2D eigenvalue weighted by Crippen LogP contribution is -2.08. The third kappa shape index (κ3) is 6.46. The monoisotopic (exact) mass is 392 g/mol. The Labute approximate surface area is 172 Å². The van der Waals surface area contributed by atoms with Gasteiger partial charge in [-0.3, -0.25) is 0 Å². The molecule has 2 aromatic carbocycles. The maximum Gasteiger partial charge on any atom is 0.338 e. The van der Waals surface area contributed by atoms with Crippen molar-refractivity contribution in [3.8, 4) is 22.6 Å². The minimum absolute atomic E-state index is 0.354. The predicted molar refractivity (Wildman–Crippen MR) is 116 cm³/mol. The van der Waals surface area contributed by atoms with Gasteiger partial charge < -0.3 is 9.47 Å². The van der Waals surface area contributed by atoms with Crippen LogP contribution < -0.4 is 9.47 Å². The molecule has 0 radical (unpaired) electrons. The molecule has 0 aliphatic carbocycles. The van der Waals surface area contributed by atoms with Crippen molar-refractivity contribution in [3.63, 3.8) is 0 Å². The first-order valence-corrected chi connectivity index (χ1v) is 9.80. The number of benzene rings is 2. The Bertz CT molecular complexity index is 907. The summed E-state index contributed by atoms with van der Waals surface area (Å²) < 4.78 is 10.7. The zero-order chi connectivity index (χ0) is 21.4. The van der Waals surface area contributed by atoms with Crippen molar-refractivity contribution in [1.82, 2.24) is 0 Å². The summed E-state index contributed by atoms with van der Waals surface area (Å²) in [5, 5.41) is 0. The van der Waals surface area contributed by atoms with Crippen molar-refractivity contribution in [2.75, 3.05) is 0 Å². The minimum atomic E-state index is -0.443. The standard InChI is InChI=1S/C25H28O4/c1-6-7-8-9-20-16-22(29-25(27)18(4)5)14-15-23(20)19-10-12-21(13-11-19)28-24(26)17(2)3/h10-16H,2,4,6-9H2,1,3,5H3. The third-order valence-electron chi connectivity index (χ3n) is 4.41. The Kier molecular flexibility index (Phi) is 7.96. The second kappa shape index (κ2) is 10.4. The third-order valence-corrected chi connectivity index (χ3v) is 4.41. The van der Waals surface area contributed by atoms with Crippen LogP contribution in [0.25, 0.3) is 11.1 Å². The van der Waals surface area contributed by atoms with Crippen molar-refractivity contribution in [2.45, 2.75) is 46.5 Å². The molecule has 0 aromatic heterocycles. The molecule has 0 aliphatic rings. The summed E-state index contributed by atoms with van der Waals surface area (Å²) in [6, 6.07) is 13.0. The van der Waals surface area contributed by atoms with Crippen LogP contribution in [0.15, 0.2) is 66.8 Å². The van der Waals surface area contributed by atoms with E-state index < -0.39 is 11.9 Å². The first-order valence-electron chi connectivity index (χ1n) is 9.80. The van der Waals surface area contributed by atoms with E-state index in [1.807, 2.05) is 24.3 Å². The Morgan fingerprint density at radius 2 is 1.38 bits per heavy atom. The molecule has 2 aromatic rings. The first-order chi connectivity index (χ1) is 13.8. The number of rotatable bonds is 9. The second-order valence-electron chi connectivity index (χ2n) is 7.14. The number of hydrogen-bond donors (Lipinski definition) is 0. The molecule has 0 spiro atoms. The summed E-state index contributed by atoms with van der Waals surface area (Å²) in [7, 11) is 0. The summed E-state index contributed by atoms with van der Waals surface area (Å²) in [6.45, 7) is 12.6. The van der Waals surface area contributed by atoms with Gasteiger partial charge in [-0.1, -0.05) is 51.1 Å². The fourth-order valence-corrected chi connectivity index (χ4v) is 2.78. The van der Waals surface area contributed by atoms with E-state index in [1.165, 1.54) is 0 Å². The van der Waals surface area contributed by atoms with Crippen molar-refractivity contribution < 1.29 is 19.1 Å². The molecule has 4 nitrogen and oxygen atoms in total. The zero-order valence-electron chi connectivity index (χ0n) is 17.4. The average molecular weight is 392 g/mol. The molecule has 0 unspecified atom stereocenters. The van der Waals surface area contributed by atoms with Gasteiger partial charge in [0.2, 0.25) is 0 Å². The van der Waals surface area contributed by atoms with E-state index in [0.29, 0.717) is 22.6 Å². The summed E-state index contributed by atoms with van der Waals surface area (Å²) >= 11 is 0. The van der Waals surface area contributed by atoms with Crippen molar-refractivity contribution >= 4 is 11.9 Å². The Hall–Kier alpha value is -3.14. The molecule has 0 fully saturated rings. The quantitative estimate of drug-likeness (QED) is 0.226. The van der Waals surface area contributed by atoms with Crippen molar-refractivity contribution in [3.05, 3.63) is 72.3 Å². The normalized spacial score (nSPS) is 10.3. The van der Waals surface area contributed by atoms with Gasteiger partial charge in [-0.15, -0.1) is 0 Å². The van der Waals surface area contributed by atoms with E-state index in [9.17, 15) is 9.59 Å². The van der Waals surface area contributed by atoms with Crippen LogP contribution in [0.5, 0.6) is 11.5 Å². The molecule has 0 aliphatic heterocycles. The average Bonchev–Trinajstić information content (AvgIpc) is 2.69. The van der Waals surface area contributed by atoms with Crippen LogP contribution >= 0.6 is 0 Å².